The largest absolute Gasteiger partial charge is 0.376 e. The normalized spacial score (nSPS) is 10.1. The molecule has 0 saturated heterocycles. The van der Waals surface area contributed by atoms with E-state index in [9.17, 15) is 14.4 Å². The van der Waals surface area contributed by atoms with Gasteiger partial charge in [-0.3, -0.25) is 14.4 Å². The van der Waals surface area contributed by atoms with Crippen LogP contribution in [0.2, 0.25) is 0 Å². The van der Waals surface area contributed by atoms with Crippen LogP contribution in [0.25, 0.3) is 0 Å². The maximum absolute atomic E-state index is 12.1. The molecule has 7 heteroatoms. The van der Waals surface area contributed by atoms with Gasteiger partial charge in [-0.2, -0.15) is 0 Å². The average molecular weight is 404 g/mol. The first kappa shape index (κ1) is 18.7. The van der Waals surface area contributed by atoms with E-state index in [1.807, 2.05) is 24.3 Å². The molecular weight excluding hydrogens is 386 g/mol. The first-order valence-corrected chi connectivity index (χ1v) is 8.40. The molecule has 0 spiro atoms. The molecule has 0 bridgehead atoms. The SMILES string of the molecule is NC(=O)CNc1ccc(C(=O)NCC(=O)Cc2cccc(Br)c2)cc1. The van der Waals surface area contributed by atoms with Crippen molar-refractivity contribution >= 4 is 39.2 Å². The number of nitrogens with two attached hydrogens (primary N) is 1. The highest BCUT2D eigenvalue weighted by atomic mass is 79.9. The molecule has 0 aliphatic heterocycles. The van der Waals surface area contributed by atoms with Gasteiger partial charge in [0.15, 0.2) is 5.78 Å². The number of primary amides is 1. The summed E-state index contributed by atoms with van der Waals surface area (Å²) < 4.78 is 0.909. The predicted octanol–water partition coefficient (Wildman–Crippen LogP) is 1.89. The third-order valence-corrected chi connectivity index (χ3v) is 3.84. The topological polar surface area (TPSA) is 101 Å². The highest BCUT2D eigenvalue weighted by Crippen LogP contribution is 2.12. The predicted molar refractivity (Wildman–Crippen MR) is 99.3 cm³/mol. The zero-order chi connectivity index (χ0) is 18.2. The van der Waals surface area contributed by atoms with E-state index in [-0.39, 0.29) is 31.2 Å². The maximum Gasteiger partial charge on any atom is 0.251 e. The van der Waals surface area contributed by atoms with Crippen LogP contribution in [0.1, 0.15) is 15.9 Å². The Morgan fingerprint density at radius 2 is 1.72 bits per heavy atom. The van der Waals surface area contributed by atoms with Gasteiger partial charge in [-0.15, -0.1) is 0 Å². The zero-order valence-electron chi connectivity index (χ0n) is 13.4. The smallest absolute Gasteiger partial charge is 0.251 e. The molecule has 0 unspecified atom stereocenters. The third-order valence-electron chi connectivity index (χ3n) is 3.35. The number of hydrogen-bond acceptors (Lipinski definition) is 4. The second-order valence-corrected chi connectivity index (χ2v) is 6.34. The lowest BCUT2D eigenvalue weighted by Crippen LogP contribution is -2.30. The molecule has 2 aromatic rings. The molecule has 2 rings (SSSR count). The molecule has 0 saturated carbocycles. The molecule has 0 aliphatic carbocycles. The van der Waals surface area contributed by atoms with E-state index in [0.29, 0.717) is 11.3 Å². The summed E-state index contributed by atoms with van der Waals surface area (Å²) in [6, 6.07) is 14.0. The Kier molecular flexibility index (Phi) is 6.71. The van der Waals surface area contributed by atoms with Gasteiger partial charge in [-0.05, 0) is 42.0 Å². The fraction of sp³-hybridized carbons (Fsp3) is 0.167. The second kappa shape index (κ2) is 8.98. The van der Waals surface area contributed by atoms with Crippen LogP contribution in [-0.4, -0.2) is 30.7 Å². The number of benzene rings is 2. The number of halogens is 1. The number of carbonyl (C=O) groups is 3. The number of Topliss-reactive ketones (excluding diaryl/α,β-unsaturated/α-hetero) is 1. The summed E-state index contributed by atoms with van der Waals surface area (Å²) in [6.07, 6.45) is 0.260. The fourth-order valence-electron chi connectivity index (χ4n) is 2.15. The van der Waals surface area contributed by atoms with Crippen LogP contribution in [-0.2, 0) is 16.0 Å². The number of anilines is 1. The minimum absolute atomic E-state index is 0.0235. The Hall–Kier alpha value is -2.67. The lowest BCUT2D eigenvalue weighted by atomic mass is 10.1. The van der Waals surface area contributed by atoms with E-state index >= 15 is 0 Å². The van der Waals surface area contributed by atoms with E-state index in [1.165, 1.54) is 0 Å². The molecule has 2 amide bonds. The molecule has 4 N–H and O–H groups in total. The van der Waals surface area contributed by atoms with Gasteiger partial charge >= 0.3 is 0 Å². The van der Waals surface area contributed by atoms with Crippen LogP contribution >= 0.6 is 15.9 Å². The van der Waals surface area contributed by atoms with Gasteiger partial charge in [0, 0.05) is 22.1 Å². The molecule has 0 fully saturated rings. The third kappa shape index (κ3) is 6.39. The molecule has 0 atom stereocenters. The number of hydrogen-bond donors (Lipinski definition) is 3. The minimum Gasteiger partial charge on any atom is -0.376 e. The van der Waals surface area contributed by atoms with Crippen molar-refractivity contribution in [3.8, 4) is 0 Å². The van der Waals surface area contributed by atoms with Crippen molar-refractivity contribution in [2.24, 2.45) is 5.73 Å². The van der Waals surface area contributed by atoms with Gasteiger partial charge in [0.2, 0.25) is 5.91 Å². The molecule has 2 aromatic carbocycles. The van der Waals surface area contributed by atoms with Crippen molar-refractivity contribution in [2.75, 3.05) is 18.4 Å². The second-order valence-electron chi connectivity index (χ2n) is 5.43. The van der Waals surface area contributed by atoms with Crippen LogP contribution in [0.4, 0.5) is 5.69 Å². The molecule has 0 aliphatic rings. The number of nitrogens with one attached hydrogen (secondary N) is 2. The van der Waals surface area contributed by atoms with E-state index in [2.05, 4.69) is 26.6 Å². The number of amides is 2. The molecule has 0 aromatic heterocycles. The Balaban J connectivity index is 1.83. The first-order valence-electron chi connectivity index (χ1n) is 7.60. The van der Waals surface area contributed by atoms with Crippen LogP contribution < -0.4 is 16.4 Å². The monoisotopic (exact) mass is 403 g/mol. The van der Waals surface area contributed by atoms with Crippen molar-refractivity contribution < 1.29 is 14.4 Å². The van der Waals surface area contributed by atoms with E-state index in [0.717, 1.165) is 10.0 Å². The minimum atomic E-state index is -0.467. The summed E-state index contributed by atoms with van der Waals surface area (Å²) in [4.78, 5) is 34.8. The summed E-state index contributed by atoms with van der Waals surface area (Å²) >= 11 is 3.36. The number of carbonyl (C=O) groups excluding carboxylic acids is 3. The number of rotatable bonds is 8. The van der Waals surface area contributed by atoms with Gasteiger partial charge in [0.1, 0.15) is 0 Å². The summed E-state index contributed by atoms with van der Waals surface area (Å²) in [5, 5.41) is 5.44. The zero-order valence-corrected chi connectivity index (χ0v) is 15.0. The van der Waals surface area contributed by atoms with Crippen LogP contribution in [0, 0.1) is 0 Å². The summed E-state index contributed by atoms with van der Waals surface area (Å²) in [5.74, 6) is -0.874. The first-order chi connectivity index (χ1) is 11.9. The van der Waals surface area contributed by atoms with Gasteiger partial charge in [-0.25, -0.2) is 0 Å². The molecule has 130 valence electrons. The highest BCUT2D eigenvalue weighted by Gasteiger charge is 2.09. The van der Waals surface area contributed by atoms with Crippen molar-refractivity contribution in [2.45, 2.75) is 6.42 Å². The Morgan fingerprint density at radius 3 is 2.36 bits per heavy atom. The maximum atomic E-state index is 12.1. The van der Waals surface area contributed by atoms with Crippen molar-refractivity contribution in [3.63, 3.8) is 0 Å². The van der Waals surface area contributed by atoms with Gasteiger partial charge in [-0.1, -0.05) is 28.1 Å². The lowest BCUT2D eigenvalue weighted by molar-refractivity contribution is -0.117. The quantitative estimate of drug-likeness (QED) is 0.626. The summed E-state index contributed by atoms with van der Waals surface area (Å²) in [6.45, 7) is -0.0112. The molecule has 6 nitrogen and oxygen atoms in total. The molecule has 0 radical (unpaired) electrons. The Labute approximate surface area is 153 Å². The van der Waals surface area contributed by atoms with Crippen LogP contribution in [0.5, 0.6) is 0 Å². The summed E-state index contributed by atoms with van der Waals surface area (Å²) in [7, 11) is 0. The van der Waals surface area contributed by atoms with Crippen LogP contribution in [0.15, 0.2) is 53.0 Å². The van der Waals surface area contributed by atoms with Gasteiger partial charge < -0.3 is 16.4 Å². The molecule has 0 heterocycles. The summed E-state index contributed by atoms with van der Waals surface area (Å²) in [5.41, 5.74) is 7.05. The van der Waals surface area contributed by atoms with Crippen LogP contribution in [0.3, 0.4) is 0 Å². The van der Waals surface area contributed by atoms with Gasteiger partial charge in [0.25, 0.3) is 5.91 Å². The molecule has 25 heavy (non-hydrogen) atoms. The Morgan fingerprint density at radius 1 is 1.00 bits per heavy atom. The number of ketones is 1. The average Bonchev–Trinajstić information content (AvgIpc) is 2.58. The van der Waals surface area contributed by atoms with Gasteiger partial charge in [0.05, 0.1) is 13.1 Å². The standard InChI is InChI=1S/C18H18BrN3O3/c19-14-3-1-2-12(8-14)9-16(23)10-22-18(25)13-4-6-15(7-5-13)21-11-17(20)24/h1-8,21H,9-11H2,(H2,20,24)(H,22,25). The van der Waals surface area contributed by atoms with Crippen molar-refractivity contribution in [1.82, 2.24) is 5.32 Å². The van der Waals surface area contributed by atoms with E-state index < -0.39 is 5.91 Å². The van der Waals surface area contributed by atoms with E-state index in [1.54, 1.807) is 24.3 Å². The van der Waals surface area contributed by atoms with Crippen molar-refractivity contribution in [3.05, 3.63) is 64.1 Å². The lowest BCUT2D eigenvalue weighted by Gasteiger charge is -2.07. The Bertz CT molecular complexity index is 775. The van der Waals surface area contributed by atoms with E-state index in [4.69, 9.17) is 5.73 Å². The van der Waals surface area contributed by atoms with Crippen molar-refractivity contribution in [1.29, 1.82) is 0 Å². The fourth-order valence-corrected chi connectivity index (χ4v) is 2.59. The molecular formula is C18H18BrN3O3. The highest BCUT2D eigenvalue weighted by molar-refractivity contribution is 9.10.